The molecule has 3 rings (SSSR count). The van der Waals surface area contributed by atoms with Crippen molar-refractivity contribution in [3.63, 3.8) is 0 Å². The van der Waals surface area contributed by atoms with E-state index in [2.05, 4.69) is 17.1 Å². The quantitative estimate of drug-likeness (QED) is 0.921. The van der Waals surface area contributed by atoms with Crippen LogP contribution in [0.4, 0.5) is 0 Å². The van der Waals surface area contributed by atoms with Gasteiger partial charge in [0.05, 0.1) is 19.8 Å². The third-order valence-corrected chi connectivity index (χ3v) is 3.24. The van der Waals surface area contributed by atoms with Gasteiger partial charge in [-0.05, 0) is 24.1 Å². The molecule has 2 N–H and O–H groups in total. The van der Waals surface area contributed by atoms with Crippen LogP contribution in [0.5, 0.6) is 11.5 Å². The van der Waals surface area contributed by atoms with Gasteiger partial charge in [-0.2, -0.15) is 4.98 Å². The highest BCUT2D eigenvalue weighted by molar-refractivity contribution is 5.66. The van der Waals surface area contributed by atoms with Crippen LogP contribution < -0.4 is 15.2 Å². The van der Waals surface area contributed by atoms with Gasteiger partial charge in [0.15, 0.2) is 11.5 Å². The second-order valence-corrected chi connectivity index (χ2v) is 4.58. The Hall–Kier alpha value is -2.08. The molecule has 1 aliphatic rings. The van der Waals surface area contributed by atoms with Crippen LogP contribution in [0.2, 0.25) is 0 Å². The van der Waals surface area contributed by atoms with Crippen LogP contribution in [-0.4, -0.2) is 23.4 Å². The summed E-state index contributed by atoms with van der Waals surface area (Å²) in [5.41, 5.74) is 7.50. The molecular weight excluding hydrogens is 258 g/mol. The van der Waals surface area contributed by atoms with Gasteiger partial charge >= 0.3 is 0 Å². The highest BCUT2D eigenvalue weighted by Crippen LogP contribution is 2.36. The number of hydrogen-bond donors (Lipinski definition) is 1. The summed E-state index contributed by atoms with van der Waals surface area (Å²) in [6.07, 6.45) is 1.73. The molecule has 2 aromatic rings. The average Bonchev–Trinajstić information content (AvgIpc) is 2.84. The summed E-state index contributed by atoms with van der Waals surface area (Å²) < 4.78 is 16.5. The van der Waals surface area contributed by atoms with Crippen LogP contribution in [0, 0.1) is 0 Å². The first kappa shape index (κ1) is 12.9. The van der Waals surface area contributed by atoms with E-state index in [1.807, 2.05) is 12.1 Å². The average molecular weight is 275 g/mol. The van der Waals surface area contributed by atoms with Crippen molar-refractivity contribution in [1.29, 1.82) is 0 Å². The summed E-state index contributed by atoms with van der Waals surface area (Å²) in [6.45, 7) is 3.64. The Kier molecular flexibility index (Phi) is 3.56. The maximum Gasteiger partial charge on any atom is 0.240 e. The molecule has 0 saturated carbocycles. The molecule has 20 heavy (non-hydrogen) atoms. The summed E-state index contributed by atoms with van der Waals surface area (Å²) in [5, 5.41) is 3.98. The van der Waals surface area contributed by atoms with Gasteiger partial charge < -0.3 is 19.7 Å². The molecule has 0 bridgehead atoms. The molecule has 6 nitrogen and oxygen atoms in total. The molecule has 0 radical (unpaired) electrons. The summed E-state index contributed by atoms with van der Waals surface area (Å²) in [7, 11) is 0. The molecule has 0 spiro atoms. The number of nitrogens with two attached hydrogens (primary N) is 1. The van der Waals surface area contributed by atoms with Crippen molar-refractivity contribution in [1.82, 2.24) is 10.1 Å². The highest BCUT2D eigenvalue weighted by Gasteiger charge is 2.18. The number of ether oxygens (including phenoxy) is 2. The van der Waals surface area contributed by atoms with Crippen LogP contribution >= 0.6 is 0 Å². The molecule has 0 atom stereocenters. The number of aryl methyl sites for hydroxylation is 1. The van der Waals surface area contributed by atoms with Crippen molar-refractivity contribution in [2.45, 2.75) is 26.3 Å². The standard InChI is InChI=1S/C14H17N3O3/c1-2-9-6-11-12(19-5-3-4-18-11)7-10(9)14-16-13(8-15)20-17-14/h6-7H,2-5,8,15H2,1H3. The second kappa shape index (κ2) is 5.50. The van der Waals surface area contributed by atoms with Crippen molar-refractivity contribution in [2.24, 2.45) is 5.73 Å². The maximum absolute atomic E-state index is 5.71. The monoisotopic (exact) mass is 275 g/mol. The Balaban J connectivity index is 2.07. The first-order valence-corrected chi connectivity index (χ1v) is 6.77. The van der Waals surface area contributed by atoms with E-state index in [1.54, 1.807) is 0 Å². The van der Waals surface area contributed by atoms with Crippen LogP contribution in [0.25, 0.3) is 11.4 Å². The van der Waals surface area contributed by atoms with E-state index in [9.17, 15) is 0 Å². The number of rotatable bonds is 3. The highest BCUT2D eigenvalue weighted by atomic mass is 16.5. The minimum atomic E-state index is 0.235. The molecule has 1 aromatic heterocycles. The Morgan fingerprint density at radius 3 is 2.60 bits per heavy atom. The van der Waals surface area contributed by atoms with Crippen molar-refractivity contribution in [2.75, 3.05) is 13.2 Å². The Labute approximate surface area is 116 Å². The molecule has 106 valence electrons. The number of aromatic nitrogens is 2. The van der Waals surface area contributed by atoms with Crippen LogP contribution in [0.3, 0.4) is 0 Å². The van der Waals surface area contributed by atoms with E-state index in [1.165, 1.54) is 0 Å². The SMILES string of the molecule is CCc1cc2c(cc1-c1noc(CN)n1)OCCCO2. The fourth-order valence-electron chi connectivity index (χ4n) is 2.20. The van der Waals surface area contributed by atoms with Crippen molar-refractivity contribution < 1.29 is 14.0 Å². The lowest BCUT2D eigenvalue weighted by Crippen LogP contribution is -1.98. The van der Waals surface area contributed by atoms with Gasteiger partial charge in [0.2, 0.25) is 11.7 Å². The maximum atomic E-state index is 5.71. The second-order valence-electron chi connectivity index (χ2n) is 4.58. The van der Waals surface area contributed by atoms with Crippen LogP contribution in [0.15, 0.2) is 16.7 Å². The Bertz CT molecular complexity index is 610. The number of nitrogens with zero attached hydrogens (tertiary/aromatic N) is 2. The normalized spacial score (nSPS) is 14.1. The molecule has 0 unspecified atom stereocenters. The minimum Gasteiger partial charge on any atom is -0.490 e. The lowest BCUT2D eigenvalue weighted by atomic mass is 10.0. The largest absolute Gasteiger partial charge is 0.490 e. The van der Waals surface area contributed by atoms with Gasteiger partial charge in [-0.3, -0.25) is 0 Å². The van der Waals surface area contributed by atoms with Crippen molar-refractivity contribution in [3.05, 3.63) is 23.6 Å². The summed E-state index contributed by atoms with van der Waals surface area (Å²) in [5.74, 6) is 2.48. The van der Waals surface area contributed by atoms with E-state index in [-0.39, 0.29) is 6.54 Å². The molecule has 0 aliphatic carbocycles. The molecule has 1 aliphatic heterocycles. The van der Waals surface area contributed by atoms with E-state index in [0.29, 0.717) is 24.9 Å². The summed E-state index contributed by atoms with van der Waals surface area (Å²) >= 11 is 0. The topological polar surface area (TPSA) is 83.4 Å². The molecule has 0 amide bonds. The third kappa shape index (κ3) is 2.34. The number of benzene rings is 1. The predicted octanol–water partition coefficient (Wildman–Crippen LogP) is 1.92. The van der Waals surface area contributed by atoms with E-state index >= 15 is 0 Å². The zero-order chi connectivity index (χ0) is 13.9. The van der Waals surface area contributed by atoms with E-state index < -0.39 is 0 Å². The van der Waals surface area contributed by atoms with Crippen molar-refractivity contribution >= 4 is 0 Å². The van der Waals surface area contributed by atoms with Crippen LogP contribution in [-0.2, 0) is 13.0 Å². The molecule has 2 heterocycles. The van der Waals surface area contributed by atoms with Crippen molar-refractivity contribution in [3.8, 4) is 22.9 Å². The smallest absolute Gasteiger partial charge is 0.240 e. The zero-order valence-electron chi connectivity index (χ0n) is 11.4. The first-order chi connectivity index (χ1) is 9.81. The number of fused-ring (bicyclic) bond motifs is 1. The fourth-order valence-corrected chi connectivity index (χ4v) is 2.20. The minimum absolute atomic E-state index is 0.235. The Morgan fingerprint density at radius 2 is 1.95 bits per heavy atom. The van der Waals surface area contributed by atoms with E-state index in [0.717, 1.165) is 35.5 Å². The van der Waals surface area contributed by atoms with Gasteiger partial charge in [-0.1, -0.05) is 12.1 Å². The van der Waals surface area contributed by atoms with Gasteiger partial charge in [-0.15, -0.1) is 0 Å². The predicted molar refractivity (Wildman–Crippen MR) is 72.6 cm³/mol. The van der Waals surface area contributed by atoms with Gasteiger partial charge in [-0.25, -0.2) is 0 Å². The summed E-state index contributed by atoms with van der Waals surface area (Å²) in [4.78, 5) is 4.28. The van der Waals surface area contributed by atoms with Gasteiger partial charge in [0.25, 0.3) is 0 Å². The van der Waals surface area contributed by atoms with E-state index in [4.69, 9.17) is 19.7 Å². The van der Waals surface area contributed by atoms with Gasteiger partial charge in [0, 0.05) is 12.0 Å². The summed E-state index contributed by atoms with van der Waals surface area (Å²) in [6, 6.07) is 3.92. The molecule has 6 heteroatoms. The third-order valence-electron chi connectivity index (χ3n) is 3.24. The van der Waals surface area contributed by atoms with Gasteiger partial charge in [0.1, 0.15) is 0 Å². The lowest BCUT2D eigenvalue weighted by Gasteiger charge is -2.11. The molecular formula is C14H17N3O3. The lowest BCUT2D eigenvalue weighted by molar-refractivity contribution is 0.297. The first-order valence-electron chi connectivity index (χ1n) is 6.77. The number of hydrogen-bond acceptors (Lipinski definition) is 6. The fraction of sp³-hybridized carbons (Fsp3) is 0.429. The zero-order valence-corrected chi connectivity index (χ0v) is 11.4. The molecule has 0 saturated heterocycles. The van der Waals surface area contributed by atoms with Crippen LogP contribution in [0.1, 0.15) is 24.8 Å². The molecule has 0 fully saturated rings. The molecule has 1 aromatic carbocycles. The Morgan fingerprint density at radius 1 is 1.20 bits per heavy atom.